The first-order valence-corrected chi connectivity index (χ1v) is 7.36. The van der Waals surface area contributed by atoms with Gasteiger partial charge in [0.25, 0.3) is 5.91 Å². The van der Waals surface area contributed by atoms with Crippen LogP contribution >= 0.6 is 11.3 Å². The van der Waals surface area contributed by atoms with Crippen molar-refractivity contribution in [2.24, 2.45) is 0 Å². The van der Waals surface area contributed by atoms with Crippen LogP contribution in [0.25, 0.3) is 0 Å². The highest BCUT2D eigenvalue weighted by Crippen LogP contribution is 2.31. The second kappa shape index (κ2) is 6.42. The zero-order valence-electron chi connectivity index (χ0n) is 11.6. The molecule has 2 rings (SSSR count). The first-order chi connectivity index (χ1) is 9.61. The van der Waals surface area contributed by atoms with Gasteiger partial charge in [0, 0.05) is 18.3 Å². The summed E-state index contributed by atoms with van der Waals surface area (Å²) in [6.45, 7) is 4.69. The fourth-order valence-corrected chi connectivity index (χ4v) is 2.75. The maximum absolute atomic E-state index is 11.9. The smallest absolute Gasteiger partial charge is 0.263 e. The van der Waals surface area contributed by atoms with Gasteiger partial charge in [-0.3, -0.25) is 9.89 Å². The number of aromatic nitrogens is 2. The molecule has 0 saturated carbocycles. The van der Waals surface area contributed by atoms with E-state index in [1.807, 2.05) is 20.0 Å². The van der Waals surface area contributed by atoms with Crippen LogP contribution in [0.5, 0.6) is 0 Å². The Hall–Kier alpha value is -2.02. The molecule has 0 spiro atoms. The molecule has 1 amide bonds. The van der Waals surface area contributed by atoms with E-state index in [0.29, 0.717) is 17.1 Å². The molecule has 2 aromatic rings. The molecule has 0 radical (unpaired) electrons. The van der Waals surface area contributed by atoms with Crippen molar-refractivity contribution in [1.29, 1.82) is 0 Å². The second-order valence-corrected chi connectivity index (χ2v) is 5.60. The fraction of sp³-hybridized carbons (Fsp3) is 0.385. The Labute approximate surface area is 121 Å². The number of thiophene rings is 1. The van der Waals surface area contributed by atoms with Crippen LogP contribution in [0.4, 0.5) is 10.7 Å². The monoisotopic (exact) mass is 293 g/mol. The number of hydrogen-bond donors (Lipinski definition) is 4. The van der Waals surface area contributed by atoms with E-state index < -0.39 is 0 Å². The molecule has 0 aromatic carbocycles. The molecule has 0 aliphatic rings. The second-order valence-electron chi connectivity index (χ2n) is 4.55. The number of carbonyl (C=O) groups is 1. The number of anilines is 2. The summed E-state index contributed by atoms with van der Waals surface area (Å²) < 4.78 is 0. The lowest BCUT2D eigenvalue weighted by Crippen LogP contribution is -2.23. The molecule has 6 nitrogen and oxygen atoms in total. The van der Waals surface area contributed by atoms with Crippen molar-refractivity contribution in [3.05, 3.63) is 28.9 Å². The molecule has 5 N–H and O–H groups in total. The van der Waals surface area contributed by atoms with Gasteiger partial charge in [-0.1, -0.05) is 6.92 Å². The highest BCUT2D eigenvalue weighted by Gasteiger charge is 2.15. The molecule has 7 heteroatoms. The molecule has 1 unspecified atom stereocenters. The summed E-state index contributed by atoms with van der Waals surface area (Å²) in [4.78, 5) is 12.5. The van der Waals surface area contributed by atoms with Crippen molar-refractivity contribution in [1.82, 2.24) is 15.5 Å². The summed E-state index contributed by atoms with van der Waals surface area (Å²) >= 11 is 1.36. The number of aromatic amines is 1. The third-order valence-corrected chi connectivity index (χ3v) is 3.96. The summed E-state index contributed by atoms with van der Waals surface area (Å²) in [7, 11) is 0. The maximum Gasteiger partial charge on any atom is 0.263 e. The summed E-state index contributed by atoms with van der Waals surface area (Å²) in [5, 5.41) is 13.7. The molecular weight excluding hydrogens is 274 g/mol. The van der Waals surface area contributed by atoms with Gasteiger partial charge in [-0.25, -0.2) is 0 Å². The lowest BCUT2D eigenvalue weighted by Gasteiger charge is -2.10. The number of nitrogens with one attached hydrogen (secondary N) is 3. The number of H-pyrrole nitrogens is 1. The SMILES string of the molecule is CCCNC(=O)c1sc(NC(C)c2cn[nH]c2)cc1N. The molecule has 2 aromatic heterocycles. The van der Waals surface area contributed by atoms with Crippen molar-refractivity contribution >= 4 is 27.9 Å². The van der Waals surface area contributed by atoms with Gasteiger partial charge in [0.05, 0.1) is 22.9 Å². The van der Waals surface area contributed by atoms with E-state index in [-0.39, 0.29) is 11.9 Å². The van der Waals surface area contributed by atoms with Crippen molar-refractivity contribution in [3.63, 3.8) is 0 Å². The van der Waals surface area contributed by atoms with Crippen LogP contribution in [-0.2, 0) is 0 Å². The minimum Gasteiger partial charge on any atom is -0.397 e. The number of nitrogens with zero attached hydrogens (tertiary/aromatic N) is 1. The molecular formula is C13H19N5OS. The van der Waals surface area contributed by atoms with Crippen molar-refractivity contribution in [2.75, 3.05) is 17.6 Å². The number of amides is 1. The van der Waals surface area contributed by atoms with E-state index in [1.54, 1.807) is 12.3 Å². The molecule has 0 fully saturated rings. The Balaban J connectivity index is 2.05. The molecule has 2 heterocycles. The average molecular weight is 293 g/mol. The van der Waals surface area contributed by atoms with Gasteiger partial charge in [-0.15, -0.1) is 11.3 Å². The molecule has 0 aliphatic carbocycles. The highest BCUT2D eigenvalue weighted by atomic mass is 32.1. The van der Waals surface area contributed by atoms with E-state index in [1.165, 1.54) is 11.3 Å². The minimum atomic E-state index is -0.113. The molecule has 0 bridgehead atoms. The maximum atomic E-state index is 11.9. The summed E-state index contributed by atoms with van der Waals surface area (Å²) in [5.74, 6) is -0.113. The van der Waals surface area contributed by atoms with Gasteiger partial charge >= 0.3 is 0 Å². The first-order valence-electron chi connectivity index (χ1n) is 6.54. The van der Waals surface area contributed by atoms with Gasteiger partial charge in [0.2, 0.25) is 0 Å². The predicted octanol–water partition coefficient (Wildman–Crippen LogP) is 2.37. The summed E-state index contributed by atoms with van der Waals surface area (Å²) in [6.07, 6.45) is 4.51. The highest BCUT2D eigenvalue weighted by molar-refractivity contribution is 7.18. The Morgan fingerprint density at radius 1 is 1.60 bits per heavy atom. The topological polar surface area (TPSA) is 95.8 Å². The number of rotatable bonds is 6. The van der Waals surface area contributed by atoms with Crippen LogP contribution < -0.4 is 16.4 Å². The van der Waals surface area contributed by atoms with Gasteiger partial charge in [-0.05, 0) is 19.4 Å². The van der Waals surface area contributed by atoms with Crippen molar-refractivity contribution in [2.45, 2.75) is 26.3 Å². The van der Waals surface area contributed by atoms with Crippen LogP contribution in [0, 0.1) is 0 Å². The molecule has 108 valence electrons. The minimum absolute atomic E-state index is 0.0957. The van der Waals surface area contributed by atoms with E-state index in [0.717, 1.165) is 17.0 Å². The Morgan fingerprint density at radius 3 is 3.05 bits per heavy atom. The van der Waals surface area contributed by atoms with E-state index in [9.17, 15) is 4.79 Å². The fourth-order valence-electron chi connectivity index (χ4n) is 1.77. The summed E-state index contributed by atoms with van der Waals surface area (Å²) in [5.41, 5.74) is 7.45. The lowest BCUT2D eigenvalue weighted by atomic mass is 10.2. The van der Waals surface area contributed by atoms with E-state index in [2.05, 4.69) is 20.8 Å². The van der Waals surface area contributed by atoms with Crippen molar-refractivity contribution in [3.8, 4) is 0 Å². The number of carbonyl (C=O) groups excluding carboxylic acids is 1. The first kappa shape index (κ1) is 14.4. The van der Waals surface area contributed by atoms with E-state index in [4.69, 9.17) is 5.73 Å². The third-order valence-electron chi connectivity index (χ3n) is 2.88. The standard InChI is InChI=1S/C13H19N5OS/c1-3-4-15-13(19)12-10(14)5-11(20-12)18-8(2)9-6-16-17-7-9/h5-8,18H,3-4,14H2,1-2H3,(H,15,19)(H,16,17). The molecule has 20 heavy (non-hydrogen) atoms. The number of hydrogen-bond acceptors (Lipinski definition) is 5. The normalized spacial score (nSPS) is 12.1. The Morgan fingerprint density at radius 2 is 2.40 bits per heavy atom. The quantitative estimate of drug-likeness (QED) is 0.657. The molecule has 1 atom stereocenters. The van der Waals surface area contributed by atoms with Gasteiger partial charge in [0.1, 0.15) is 4.88 Å². The lowest BCUT2D eigenvalue weighted by molar-refractivity contribution is 0.0958. The summed E-state index contributed by atoms with van der Waals surface area (Å²) in [6, 6.07) is 1.89. The van der Waals surface area contributed by atoms with Gasteiger partial charge < -0.3 is 16.4 Å². The zero-order chi connectivity index (χ0) is 14.5. The van der Waals surface area contributed by atoms with Crippen LogP contribution in [-0.4, -0.2) is 22.6 Å². The Bertz CT molecular complexity index is 563. The van der Waals surface area contributed by atoms with Crippen LogP contribution in [0.1, 0.15) is 41.5 Å². The zero-order valence-corrected chi connectivity index (χ0v) is 12.4. The van der Waals surface area contributed by atoms with Crippen molar-refractivity contribution < 1.29 is 4.79 Å². The average Bonchev–Trinajstić information content (AvgIpc) is 3.05. The third kappa shape index (κ3) is 3.30. The number of nitrogens with two attached hydrogens (primary N) is 1. The van der Waals surface area contributed by atoms with Gasteiger partial charge in [-0.2, -0.15) is 5.10 Å². The van der Waals surface area contributed by atoms with E-state index >= 15 is 0 Å². The molecule has 0 saturated heterocycles. The predicted molar refractivity (Wildman–Crippen MR) is 82.0 cm³/mol. The van der Waals surface area contributed by atoms with Crippen LogP contribution in [0.15, 0.2) is 18.5 Å². The van der Waals surface area contributed by atoms with Crippen LogP contribution in [0.3, 0.4) is 0 Å². The largest absolute Gasteiger partial charge is 0.397 e. The van der Waals surface area contributed by atoms with Crippen LogP contribution in [0.2, 0.25) is 0 Å². The Kier molecular flexibility index (Phi) is 4.62. The molecule has 0 aliphatic heterocycles. The van der Waals surface area contributed by atoms with Gasteiger partial charge in [0.15, 0.2) is 0 Å². The number of nitrogen functional groups attached to an aromatic ring is 1.